The number of benzene rings is 4. The van der Waals surface area contributed by atoms with E-state index in [1.54, 1.807) is 22.7 Å². The molecule has 9 rings (SSSR count). The molecule has 0 amide bonds. The number of hydrogen-bond acceptors (Lipinski definition) is 6. The number of rotatable bonds is 10. The van der Waals surface area contributed by atoms with Crippen molar-refractivity contribution >= 4 is 55.4 Å². The summed E-state index contributed by atoms with van der Waals surface area (Å²) in [4.78, 5) is 15.6. The number of pyridine rings is 2. The third-order valence-corrected chi connectivity index (χ3v) is 11.7. The Bertz CT molecular complexity index is 2410. The van der Waals surface area contributed by atoms with Crippen LogP contribution >= 0.6 is 22.7 Å². The number of nitrogens with zero attached hydrogens (tertiary/aromatic N) is 5. The maximum absolute atomic E-state index is 4.30. The topological polar surface area (TPSA) is 37.2 Å². The third kappa shape index (κ3) is 6.63. The fourth-order valence-corrected chi connectivity index (χ4v) is 9.06. The first-order chi connectivity index (χ1) is 26.7. The summed E-state index contributed by atoms with van der Waals surface area (Å²) in [5, 5.41) is 2.27. The average molecular weight is 734 g/mol. The predicted octanol–water partition coefficient (Wildman–Crippen LogP) is 13.5. The molecule has 0 atom stereocenters. The maximum Gasteiger partial charge on any atom is 0.101 e. The fourth-order valence-electron chi connectivity index (χ4n) is 6.84. The van der Waals surface area contributed by atoms with Gasteiger partial charge in [0.15, 0.2) is 0 Å². The summed E-state index contributed by atoms with van der Waals surface area (Å²) in [5.41, 5.74) is 11.5. The molecule has 5 nitrogen and oxygen atoms in total. The molecule has 0 saturated carbocycles. The van der Waals surface area contributed by atoms with E-state index >= 15 is 0 Å². The normalized spacial score (nSPS) is 11.1. The highest BCUT2D eigenvalue weighted by atomic mass is 32.1. The van der Waals surface area contributed by atoms with Gasteiger partial charge in [0.25, 0.3) is 0 Å². The molecular formula is C47H35N5S2. The summed E-state index contributed by atoms with van der Waals surface area (Å²) in [6.07, 6.45) is 7.40. The Morgan fingerprint density at radius 3 is 1.11 bits per heavy atom. The second kappa shape index (κ2) is 14.8. The number of hydrogen-bond donors (Lipinski definition) is 0. The van der Waals surface area contributed by atoms with Crippen LogP contribution in [0.4, 0.5) is 32.8 Å². The SMILES string of the molecule is Cn1c(-c2ccc(N(c3ccncc3)c3ccc(-c4ccccc4)cc3)s2)ccc1-c1ccc(N(c2ccncc2)c2ccc(-c3ccccc3)cc2)s1. The highest BCUT2D eigenvalue weighted by Crippen LogP contribution is 2.45. The van der Waals surface area contributed by atoms with Gasteiger partial charge in [0.1, 0.15) is 10.0 Å². The number of thiophene rings is 2. The Morgan fingerprint density at radius 2 is 0.722 bits per heavy atom. The zero-order chi connectivity index (χ0) is 36.3. The summed E-state index contributed by atoms with van der Waals surface area (Å²) in [6.45, 7) is 0. The van der Waals surface area contributed by atoms with E-state index in [1.807, 2.05) is 24.8 Å². The van der Waals surface area contributed by atoms with E-state index in [1.165, 1.54) is 43.4 Å². The van der Waals surface area contributed by atoms with E-state index < -0.39 is 0 Å². The zero-order valence-corrected chi connectivity index (χ0v) is 31.2. The Balaban J connectivity index is 1.02. The van der Waals surface area contributed by atoms with Crippen molar-refractivity contribution in [2.24, 2.45) is 7.05 Å². The molecule has 0 radical (unpaired) electrons. The van der Waals surface area contributed by atoms with Crippen LogP contribution in [0.1, 0.15) is 0 Å². The van der Waals surface area contributed by atoms with Gasteiger partial charge in [-0.1, -0.05) is 84.9 Å². The fraction of sp³-hybridized carbons (Fsp3) is 0.0213. The van der Waals surface area contributed by atoms with Gasteiger partial charge in [0, 0.05) is 54.6 Å². The molecule has 5 heterocycles. The Hall–Kier alpha value is -6.54. The minimum absolute atomic E-state index is 1.07. The van der Waals surface area contributed by atoms with Gasteiger partial charge in [-0.2, -0.15) is 0 Å². The van der Waals surface area contributed by atoms with Crippen molar-refractivity contribution in [3.63, 3.8) is 0 Å². The molecule has 54 heavy (non-hydrogen) atoms. The second-order valence-corrected chi connectivity index (χ2v) is 15.0. The molecule has 7 heteroatoms. The van der Waals surface area contributed by atoms with E-state index in [9.17, 15) is 0 Å². The van der Waals surface area contributed by atoms with Crippen LogP contribution in [0.5, 0.6) is 0 Å². The monoisotopic (exact) mass is 733 g/mol. The van der Waals surface area contributed by atoms with Gasteiger partial charge in [-0.05, 0) is 107 Å². The first-order valence-corrected chi connectivity index (χ1v) is 19.4. The van der Waals surface area contributed by atoms with Crippen molar-refractivity contribution in [1.29, 1.82) is 0 Å². The van der Waals surface area contributed by atoms with Crippen molar-refractivity contribution in [1.82, 2.24) is 14.5 Å². The van der Waals surface area contributed by atoms with Crippen LogP contribution in [0.15, 0.2) is 195 Å². The van der Waals surface area contributed by atoms with E-state index in [-0.39, 0.29) is 0 Å². The van der Waals surface area contributed by atoms with Crippen molar-refractivity contribution in [2.75, 3.05) is 9.80 Å². The maximum atomic E-state index is 4.30. The molecule has 260 valence electrons. The lowest BCUT2D eigenvalue weighted by Gasteiger charge is -2.23. The van der Waals surface area contributed by atoms with Crippen LogP contribution in [0.25, 0.3) is 43.4 Å². The van der Waals surface area contributed by atoms with Crippen molar-refractivity contribution in [3.8, 4) is 43.4 Å². The molecule has 4 aromatic carbocycles. The van der Waals surface area contributed by atoms with Gasteiger partial charge >= 0.3 is 0 Å². The Labute approximate surface area is 323 Å². The zero-order valence-electron chi connectivity index (χ0n) is 29.5. The summed E-state index contributed by atoms with van der Waals surface area (Å²) in [7, 11) is 2.16. The highest BCUT2D eigenvalue weighted by Gasteiger charge is 2.20. The molecule has 0 fully saturated rings. The molecular weight excluding hydrogens is 699 g/mol. The second-order valence-electron chi connectivity index (χ2n) is 12.8. The van der Waals surface area contributed by atoms with Crippen molar-refractivity contribution in [3.05, 3.63) is 195 Å². The van der Waals surface area contributed by atoms with Gasteiger partial charge in [0.2, 0.25) is 0 Å². The van der Waals surface area contributed by atoms with E-state index in [0.717, 1.165) is 32.8 Å². The van der Waals surface area contributed by atoms with Crippen molar-refractivity contribution in [2.45, 2.75) is 0 Å². The van der Waals surface area contributed by atoms with Gasteiger partial charge in [-0.25, -0.2) is 0 Å². The van der Waals surface area contributed by atoms with Gasteiger partial charge in [-0.15, -0.1) is 22.7 Å². The van der Waals surface area contributed by atoms with Crippen LogP contribution in [-0.4, -0.2) is 14.5 Å². The summed E-state index contributed by atoms with van der Waals surface area (Å²) < 4.78 is 2.31. The first-order valence-electron chi connectivity index (χ1n) is 17.8. The Kier molecular flexibility index (Phi) is 9.15. The number of aromatic nitrogens is 3. The van der Waals surface area contributed by atoms with Crippen LogP contribution in [0.3, 0.4) is 0 Å². The van der Waals surface area contributed by atoms with E-state index in [2.05, 4.69) is 201 Å². The standard InChI is InChI=1S/C47H35N5S2/c1-50-42(44-22-24-46(53-44)51(40-26-30-48-31-27-40)38-16-12-36(13-17-38)34-8-4-2-5-9-34)20-21-43(50)45-23-25-47(54-45)52(41-28-32-49-33-29-41)39-18-14-37(15-19-39)35-10-6-3-7-11-35/h2-33H,1H3. The Morgan fingerprint density at radius 1 is 0.370 bits per heavy atom. The summed E-state index contributed by atoms with van der Waals surface area (Å²) >= 11 is 3.57. The lowest BCUT2D eigenvalue weighted by atomic mass is 10.1. The minimum Gasteiger partial charge on any atom is -0.342 e. The molecule has 5 aromatic heterocycles. The summed E-state index contributed by atoms with van der Waals surface area (Å²) in [6, 6.07) is 60.2. The van der Waals surface area contributed by atoms with Crippen LogP contribution in [0.2, 0.25) is 0 Å². The molecule has 0 unspecified atom stereocenters. The van der Waals surface area contributed by atoms with E-state index in [4.69, 9.17) is 0 Å². The van der Waals surface area contributed by atoms with E-state index in [0.29, 0.717) is 0 Å². The molecule has 0 spiro atoms. The number of anilines is 6. The molecule has 0 aliphatic heterocycles. The quantitative estimate of drug-likeness (QED) is 0.140. The lowest BCUT2D eigenvalue weighted by Crippen LogP contribution is -2.08. The third-order valence-electron chi connectivity index (χ3n) is 9.56. The molecule has 0 saturated heterocycles. The smallest absolute Gasteiger partial charge is 0.101 e. The van der Waals surface area contributed by atoms with Gasteiger partial charge < -0.3 is 14.4 Å². The minimum atomic E-state index is 1.07. The lowest BCUT2D eigenvalue weighted by molar-refractivity contribution is 0.951. The molecule has 0 aliphatic carbocycles. The van der Waals surface area contributed by atoms with Crippen molar-refractivity contribution < 1.29 is 0 Å². The molecule has 0 aliphatic rings. The molecule has 0 N–H and O–H groups in total. The highest BCUT2D eigenvalue weighted by molar-refractivity contribution is 7.20. The van der Waals surface area contributed by atoms with Gasteiger partial charge in [0.05, 0.1) is 21.1 Å². The first kappa shape index (κ1) is 33.3. The van der Waals surface area contributed by atoms with Crippen LogP contribution < -0.4 is 9.80 Å². The average Bonchev–Trinajstić information content (AvgIpc) is 4.01. The molecule has 9 aromatic rings. The van der Waals surface area contributed by atoms with Crippen LogP contribution in [0, 0.1) is 0 Å². The van der Waals surface area contributed by atoms with Crippen LogP contribution in [-0.2, 0) is 7.05 Å². The summed E-state index contributed by atoms with van der Waals surface area (Å²) in [5.74, 6) is 0. The predicted molar refractivity (Wildman–Crippen MR) is 228 cm³/mol. The van der Waals surface area contributed by atoms with Gasteiger partial charge in [-0.3, -0.25) is 9.97 Å². The molecule has 0 bridgehead atoms. The largest absolute Gasteiger partial charge is 0.342 e.